The third-order valence-electron chi connectivity index (χ3n) is 9.00. The summed E-state index contributed by atoms with van der Waals surface area (Å²) in [5.41, 5.74) is 4.39. The number of hydrogen-bond donors (Lipinski definition) is 1. The minimum Gasteiger partial charge on any atom is -0.442 e. The fraction of sp³-hybridized carbons (Fsp3) is 0.607. The number of esters is 1. The van der Waals surface area contributed by atoms with Gasteiger partial charge in [0.1, 0.15) is 11.1 Å². The van der Waals surface area contributed by atoms with Crippen LogP contribution in [-0.2, 0) is 14.0 Å². The average molecular weight is 585 g/mol. The molecule has 1 aromatic carbocycles. The first-order valence-corrected chi connectivity index (χ1v) is 14.7. The van der Waals surface area contributed by atoms with Gasteiger partial charge in [0.25, 0.3) is 0 Å². The van der Waals surface area contributed by atoms with Gasteiger partial charge in [-0.25, -0.2) is 9.78 Å². The lowest BCUT2D eigenvalue weighted by molar-refractivity contribution is -0.157. The SMILES string of the molecule is Cc1cc2nc(C3=C(C#N)C4C(NC(C5CCCCC5)C5CCCCC54)OC3=O)oc2cc1CI. The minimum atomic E-state index is -0.496. The summed E-state index contributed by atoms with van der Waals surface area (Å²) < 4.78 is 13.0. The van der Waals surface area contributed by atoms with Gasteiger partial charge in [-0.3, -0.25) is 5.32 Å². The molecule has 1 N–H and O–H groups in total. The monoisotopic (exact) mass is 585 g/mol. The molecule has 184 valence electrons. The van der Waals surface area contributed by atoms with Crippen molar-refractivity contribution in [3.8, 4) is 6.07 Å². The Balaban J connectivity index is 1.41. The molecule has 0 radical (unpaired) electrons. The molecule has 2 aliphatic heterocycles. The van der Waals surface area contributed by atoms with Gasteiger partial charge in [0, 0.05) is 16.4 Å². The Labute approximate surface area is 220 Å². The number of nitrogens with one attached hydrogen (secondary N) is 1. The van der Waals surface area contributed by atoms with Crippen LogP contribution in [0.5, 0.6) is 0 Å². The van der Waals surface area contributed by atoms with Crippen LogP contribution in [0.4, 0.5) is 0 Å². The van der Waals surface area contributed by atoms with Gasteiger partial charge in [-0.1, -0.05) is 54.7 Å². The topological polar surface area (TPSA) is 88.1 Å². The number of rotatable bonds is 3. The van der Waals surface area contributed by atoms with E-state index in [-0.39, 0.29) is 17.4 Å². The van der Waals surface area contributed by atoms with Crippen LogP contribution < -0.4 is 5.32 Å². The van der Waals surface area contributed by atoms with Crippen LogP contribution in [0.2, 0.25) is 0 Å². The number of alkyl halides is 1. The summed E-state index contributed by atoms with van der Waals surface area (Å²) in [5.74, 6) is 1.08. The van der Waals surface area contributed by atoms with Crippen molar-refractivity contribution in [2.75, 3.05) is 0 Å². The highest BCUT2D eigenvalue weighted by molar-refractivity contribution is 14.1. The Morgan fingerprint density at radius 2 is 1.86 bits per heavy atom. The molecule has 3 heterocycles. The van der Waals surface area contributed by atoms with Gasteiger partial charge in [0.2, 0.25) is 5.89 Å². The maximum Gasteiger partial charge on any atom is 0.346 e. The Morgan fingerprint density at radius 1 is 1.11 bits per heavy atom. The van der Waals surface area contributed by atoms with Crippen LogP contribution in [0.25, 0.3) is 16.7 Å². The Hall–Kier alpha value is -1.92. The first-order chi connectivity index (χ1) is 17.1. The van der Waals surface area contributed by atoms with E-state index in [0.29, 0.717) is 40.5 Å². The van der Waals surface area contributed by atoms with Gasteiger partial charge in [0.05, 0.1) is 11.6 Å². The van der Waals surface area contributed by atoms with Crippen molar-refractivity contribution in [2.45, 2.75) is 81.4 Å². The summed E-state index contributed by atoms with van der Waals surface area (Å²) in [6, 6.07) is 6.78. The molecule has 6 nitrogen and oxygen atoms in total. The van der Waals surface area contributed by atoms with Crippen LogP contribution in [0.1, 0.15) is 74.8 Å². The first-order valence-electron chi connectivity index (χ1n) is 13.2. The van der Waals surface area contributed by atoms with Gasteiger partial charge >= 0.3 is 5.97 Å². The number of aromatic nitrogens is 1. The normalized spacial score (nSPS) is 31.6. The van der Waals surface area contributed by atoms with Crippen molar-refractivity contribution >= 4 is 45.2 Å². The number of ether oxygens (including phenoxy) is 1. The molecule has 2 saturated carbocycles. The van der Waals surface area contributed by atoms with E-state index in [0.717, 1.165) is 16.4 Å². The van der Waals surface area contributed by atoms with Crippen molar-refractivity contribution in [3.05, 3.63) is 34.7 Å². The van der Waals surface area contributed by atoms with E-state index in [9.17, 15) is 10.1 Å². The minimum absolute atomic E-state index is 0.139. The number of nitrogens with zero attached hydrogens (tertiary/aromatic N) is 2. The second-order valence-corrected chi connectivity index (χ2v) is 11.6. The van der Waals surface area contributed by atoms with Crippen LogP contribution >= 0.6 is 22.6 Å². The highest BCUT2D eigenvalue weighted by Gasteiger charge is 2.53. The van der Waals surface area contributed by atoms with Crippen LogP contribution in [0.15, 0.2) is 22.1 Å². The smallest absolute Gasteiger partial charge is 0.346 e. The van der Waals surface area contributed by atoms with E-state index in [1.54, 1.807) is 0 Å². The summed E-state index contributed by atoms with van der Waals surface area (Å²) in [7, 11) is 0. The maximum absolute atomic E-state index is 13.4. The summed E-state index contributed by atoms with van der Waals surface area (Å²) in [6.45, 7) is 2.06. The van der Waals surface area contributed by atoms with Crippen molar-refractivity contribution in [2.24, 2.45) is 23.7 Å². The molecule has 5 atom stereocenters. The molecule has 3 fully saturated rings. The quantitative estimate of drug-likeness (QED) is 0.262. The lowest BCUT2D eigenvalue weighted by Crippen LogP contribution is -2.62. The van der Waals surface area contributed by atoms with Gasteiger partial charge in [-0.15, -0.1) is 0 Å². The molecular weight excluding hydrogens is 553 g/mol. The summed E-state index contributed by atoms with van der Waals surface area (Å²) in [6.07, 6.45) is 10.6. The number of carbonyl (C=O) groups excluding carboxylic acids is 1. The Kier molecular flexibility index (Phi) is 6.38. The van der Waals surface area contributed by atoms with Crippen LogP contribution in [-0.4, -0.2) is 23.2 Å². The summed E-state index contributed by atoms with van der Waals surface area (Å²) in [4.78, 5) is 18.0. The first kappa shape index (κ1) is 23.5. The molecule has 1 aromatic heterocycles. The third kappa shape index (κ3) is 4.01. The fourth-order valence-corrected chi connectivity index (χ4v) is 8.15. The number of fused-ring (bicyclic) bond motifs is 4. The molecule has 0 spiro atoms. The predicted octanol–water partition coefficient (Wildman–Crippen LogP) is 6.21. The average Bonchev–Trinajstić information content (AvgIpc) is 3.29. The highest BCUT2D eigenvalue weighted by Crippen LogP contribution is 2.50. The van der Waals surface area contributed by atoms with E-state index in [4.69, 9.17) is 9.15 Å². The highest BCUT2D eigenvalue weighted by atomic mass is 127. The molecule has 35 heavy (non-hydrogen) atoms. The van der Waals surface area contributed by atoms with E-state index in [2.05, 4.69) is 45.9 Å². The predicted molar refractivity (Wildman–Crippen MR) is 141 cm³/mol. The van der Waals surface area contributed by atoms with Crippen molar-refractivity contribution in [1.82, 2.24) is 10.3 Å². The second kappa shape index (κ2) is 9.51. The number of benzene rings is 1. The van der Waals surface area contributed by atoms with Gasteiger partial charge in [-0.2, -0.15) is 5.26 Å². The molecule has 2 aliphatic carbocycles. The zero-order valence-electron chi connectivity index (χ0n) is 20.2. The summed E-state index contributed by atoms with van der Waals surface area (Å²) >= 11 is 2.33. The van der Waals surface area contributed by atoms with Crippen molar-refractivity contribution in [3.63, 3.8) is 0 Å². The lowest BCUT2D eigenvalue weighted by Gasteiger charge is -2.53. The van der Waals surface area contributed by atoms with Gasteiger partial charge in [0.15, 0.2) is 11.8 Å². The molecule has 5 unspecified atom stereocenters. The van der Waals surface area contributed by atoms with Gasteiger partial charge in [-0.05, 0) is 73.6 Å². The molecule has 6 rings (SSSR count). The third-order valence-corrected chi connectivity index (χ3v) is 9.82. The van der Waals surface area contributed by atoms with Crippen molar-refractivity contribution < 1.29 is 13.9 Å². The molecule has 4 aliphatic rings. The van der Waals surface area contributed by atoms with E-state index in [1.165, 1.54) is 56.9 Å². The largest absolute Gasteiger partial charge is 0.442 e. The molecular formula is C28H32IN3O3. The lowest BCUT2D eigenvalue weighted by atomic mass is 9.60. The van der Waals surface area contributed by atoms with E-state index in [1.807, 2.05) is 12.1 Å². The molecule has 2 aromatic rings. The molecule has 7 heteroatoms. The molecule has 0 bridgehead atoms. The maximum atomic E-state index is 13.4. The number of carbonyl (C=O) groups is 1. The standard InChI is InChI=1S/C28H32IN3O3/c1-15-11-21-22(12-17(15)13-29)34-27(31-21)24-20(14-30)23-18-9-5-6-10-19(18)25(16-7-3-2-4-8-16)32-26(23)35-28(24)33/h11-12,16,18-19,23,25-26,32H,2-10,13H2,1H3. The number of piperidine rings is 1. The Bertz CT molecular complexity index is 1220. The number of nitriles is 1. The zero-order chi connectivity index (χ0) is 24.1. The molecule has 0 amide bonds. The summed E-state index contributed by atoms with van der Waals surface area (Å²) in [5, 5.41) is 14.1. The van der Waals surface area contributed by atoms with Crippen LogP contribution in [0.3, 0.4) is 0 Å². The Morgan fingerprint density at radius 3 is 2.60 bits per heavy atom. The number of hydrogen-bond acceptors (Lipinski definition) is 6. The van der Waals surface area contributed by atoms with Crippen LogP contribution in [0, 0.1) is 41.9 Å². The fourth-order valence-electron chi connectivity index (χ4n) is 7.33. The van der Waals surface area contributed by atoms with Crippen molar-refractivity contribution in [1.29, 1.82) is 5.26 Å². The van der Waals surface area contributed by atoms with Gasteiger partial charge < -0.3 is 9.15 Å². The zero-order valence-corrected chi connectivity index (χ0v) is 22.3. The molecule has 1 saturated heterocycles. The number of aryl methyl sites for hydroxylation is 1. The number of halogens is 1. The number of oxazole rings is 1. The second-order valence-electron chi connectivity index (χ2n) is 10.9. The van der Waals surface area contributed by atoms with E-state index < -0.39 is 12.2 Å². The van der Waals surface area contributed by atoms with E-state index >= 15 is 0 Å².